The van der Waals surface area contributed by atoms with Crippen molar-refractivity contribution in [2.45, 2.75) is 52.7 Å². The molecule has 1 aliphatic rings. The second-order valence-corrected chi connectivity index (χ2v) is 12.0. The van der Waals surface area contributed by atoms with E-state index in [9.17, 15) is 9.59 Å². The maximum Gasteiger partial charge on any atom is 0.338 e. The molecule has 252 valence electrons. The van der Waals surface area contributed by atoms with Crippen LogP contribution in [0.4, 0.5) is 0 Å². The third kappa shape index (κ3) is 7.80. The monoisotopic (exact) mass is 692 g/mol. The average Bonchev–Trinajstić information content (AvgIpc) is 3.71. The lowest BCUT2D eigenvalue weighted by Gasteiger charge is -2.17. The van der Waals surface area contributed by atoms with Gasteiger partial charge in [-0.2, -0.15) is 5.10 Å². The Morgan fingerprint density at radius 1 is 1.06 bits per heavy atom. The Kier molecular flexibility index (Phi) is 11.7. The third-order valence-corrected chi connectivity index (χ3v) is 8.62. The number of benzene rings is 3. The van der Waals surface area contributed by atoms with Crippen molar-refractivity contribution in [2.75, 3.05) is 27.4 Å². The summed E-state index contributed by atoms with van der Waals surface area (Å²) in [6.45, 7) is 5.30. The number of carbonyl (C=O) groups is 2. The highest BCUT2D eigenvalue weighted by Gasteiger charge is 2.23. The van der Waals surface area contributed by atoms with Crippen LogP contribution in [-0.4, -0.2) is 49.2 Å². The van der Waals surface area contributed by atoms with E-state index in [0.29, 0.717) is 62.5 Å². The average molecular weight is 694 g/mol. The summed E-state index contributed by atoms with van der Waals surface area (Å²) in [6.07, 6.45) is 6.41. The van der Waals surface area contributed by atoms with Crippen LogP contribution in [0, 0.1) is 0 Å². The molecule has 5 rings (SSSR count). The largest absolute Gasteiger partial charge is 0.496 e. The summed E-state index contributed by atoms with van der Waals surface area (Å²) >= 11 is 13.0. The van der Waals surface area contributed by atoms with Crippen molar-refractivity contribution in [3.63, 3.8) is 0 Å². The molecule has 0 atom stereocenters. The minimum absolute atomic E-state index is 0.0278. The van der Waals surface area contributed by atoms with E-state index in [1.165, 1.54) is 7.11 Å². The van der Waals surface area contributed by atoms with Gasteiger partial charge in [0.1, 0.15) is 23.9 Å². The van der Waals surface area contributed by atoms with Gasteiger partial charge in [0.15, 0.2) is 0 Å². The van der Waals surface area contributed by atoms with Crippen molar-refractivity contribution >= 4 is 41.2 Å². The Balaban J connectivity index is 1.60. The number of esters is 2. The van der Waals surface area contributed by atoms with Gasteiger partial charge in [-0.05, 0) is 61.9 Å². The molecule has 0 spiro atoms. The van der Waals surface area contributed by atoms with E-state index in [1.807, 2.05) is 22.9 Å². The normalized spacial score (nSPS) is 12.3. The molecule has 0 amide bonds. The molecule has 1 aliphatic heterocycles. The Labute approximate surface area is 290 Å². The van der Waals surface area contributed by atoms with Gasteiger partial charge < -0.3 is 23.7 Å². The molecule has 0 aliphatic carbocycles. The van der Waals surface area contributed by atoms with Crippen molar-refractivity contribution in [1.82, 2.24) is 9.78 Å². The molecule has 0 unspecified atom stereocenters. The molecule has 11 heteroatoms. The molecule has 0 saturated carbocycles. The number of hydrogen-bond donors (Lipinski definition) is 0. The van der Waals surface area contributed by atoms with Gasteiger partial charge >= 0.3 is 11.9 Å². The summed E-state index contributed by atoms with van der Waals surface area (Å²) in [5.74, 6) is 0.938. The van der Waals surface area contributed by atoms with Crippen molar-refractivity contribution in [3.05, 3.63) is 98.2 Å². The van der Waals surface area contributed by atoms with E-state index < -0.39 is 11.9 Å². The van der Waals surface area contributed by atoms with Crippen molar-refractivity contribution in [3.8, 4) is 28.5 Å². The van der Waals surface area contributed by atoms with Crippen LogP contribution in [0.1, 0.15) is 59.3 Å². The molecule has 0 saturated heterocycles. The Morgan fingerprint density at radius 3 is 2.65 bits per heavy atom. The Bertz CT molecular complexity index is 1830. The van der Waals surface area contributed by atoms with Gasteiger partial charge in [0.05, 0.1) is 44.9 Å². The minimum atomic E-state index is -0.523. The van der Waals surface area contributed by atoms with Gasteiger partial charge in [-0.15, -0.1) is 0 Å². The Morgan fingerprint density at radius 2 is 1.90 bits per heavy atom. The first-order chi connectivity index (χ1) is 23.3. The van der Waals surface area contributed by atoms with Crippen molar-refractivity contribution in [1.29, 1.82) is 0 Å². The fourth-order valence-electron chi connectivity index (χ4n) is 5.62. The first-order valence-electron chi connectivity index (χ1n) is 15.8. The van der Waals surface area contributed by atoms with Crippen molar-refractivity contribution < 1.29 is 33.3 Å². The van der Waals surface area contributed by atoms with Crippen LogP contribution in [0.2, 0.25) is 10.0 Å². The van der Waals surface area contributed by atoms with Gasteiger partial charge in [0.2, 0.25) is 0 Å². The number of ether oxygens (including phenoxy) is 5. The first kappa shape index (κ1) is 34.9. The standard InChI is InChI=1S/C37H38Cl2N2O7/c1-5-7-14-41-35(29-12-11-27(38)20-34(29)48-22-30-28(37(43)45-4)9-8-10-31(30)39)26(21-40-41)17-25(36(42)46-6-2)16-24-19-33-23(13-15-47-33)18-32(24)44-3/h8-12,17-21H,5-7,13-16,22H2,1-4H3/b25-17+. The number of rotatable bonds is 14. The van der Waals surface area contributed by atoms with E-state index in [4.69, 9.17) is 52.0 Å². The zero-order chi connectivity index (χ0) is 34.2. The summed E-state index contributed by atoms with van der Waals surface area (Å²) in [5, 5.41) is 5.55. The first-order valence-corrected chi connectivity index (χ1v) is 16.6. The highest BCUT2D eigenvalue weighted by Crippen LogP contribution is 2.38. The van der Waals surface area contributed by atoms with Crippen LogP contribution in [0.3, 0.4) is 0 Å². The van der Waals surface area contributed by atoms with Crippen molar-refractivity contribution in [2.24, 2.45) is 0 Å². The van der Waals surface area contributed by atoms with Gasteiger partial charge in [-0.1, -0.05) is 42.6 Å². The number of halogens is 2. The van der Waals surface area contributed by atoms with Crippen LogP contribution in [0.5, 0.6) is 17.2 Å². The number of methoxy groups -OCH3 is 2. The third-order valence-electron chi connectivity index (χ3n) is 8.03. The molecule has 48 heavy (non-hydrogen) atoms. The molecule has 2 heterocycles. The van der Waals surface area contributed by atoms with E-state index >= 15 is 0 Å². The van der Waals surface area contributed by atoms with Gasteiger partial charge in [-0.25, -0.2) is 9.59 Å². The molecule has 0 fully saturated rings. The van der Waals surface area contributed by atoms with Crippen LogP contribution < -0.4 is 14.2 Å². The molecular weight excluding hydrogens is 655 g/mol. The SMILES string of the molecule is CCCCn1ncc(/C=C(\Cc2cc3c(cc2OC)CCO3)C(=O)OCC)c1-c1ccc(Cl)cc1OCc1c(Cl)cccc1C(=O)OC. The van der Waals surface area contributed by atoms with E-state index in [2.05, 4.69) is 6.92 Å². The summed E-state index contributed by atoms with van der Waals surface area (Å²) in [5.41, 5.74) is 5.18. The highest BCUT2D eigenvalue weighted by atomic mass is 35.5. The summed E-state index contributed by atoms with van der Waals surface area (Å²) < 4.78 is 30.3. The molecule has 9 nitrogen and oxygen atoms in total. The smallest absolute Gasteiger partial charge is 0.338 e. The van der Waals surface area contributed by atoms with Crippen LogP contribution >= 0.6 is 23.2 Å². The van der Waals surface area contributed by atoms with E-state index in [-0.39, 0.29) is 19.6 Å². The van der Waals surface area contributed by atoms with Gasteiger partial charge in [0, 0.05) is 62.8 Å². The van der Waals surface area contributed by atoms with Crippen LogP contribution in [-0.2, 0) is 40.3 Å². The lowest BCUT2D eigenvalue weighted by molar-refractivity contribution is -0.138. The molecule has 0 N–H and O–H groups in total. The quantitative estimate of drug-likeness (QED) is 0.0965. The zero-order valence-corrected chi connectivity index (χ0v) is 29.0. The van der Waals surface area contributed by atoms with E-state index in [0.717, 1.165) is 41.8 Å². The van der Waals surface area contributed by atoms with E-state index in [1.54, 1.807) is 56.6 Å². The van der Waals surface area contributed by atoms with Gasteiger partial charge in [0.25, 0.3) is 0 Å². The number of fused-ring (bicyclic) bond motifs is 1. The highest BCUT2D eigenvalue weighted by molar-refractivity contribution is 6.32. The number of nitrogens with zero attached hydrogens (tertiary/aromatic N) is 2. The summed E-state index contributed by atoms with van der Waals surface area (Å²) in [7, 11) is 2.93. The predicted octanol–water partition coefficient (Wildman–Crippen LogP) is 8.16. The number of carbonyl (C=O) groups excluding carboxylic acids is 2. The van der Waals surface area contributed by atoms with Crippen LogP contribution in [0.25, 0.3) is 17.3 Å². The second kappa shape index (κ2) is 16.1. The summed E-state index contributed by atoms with van der Waals surface area (Å²) in [4.78, 5) is 25.9. The fourth-order valence-corrected chi connectivity index (χ4v) is 6.01. The second-order valence-electron chi connectivity index (χ2n) is 11.1. The topological polar surface area (TPSA) is 98.1 Å². The maximum absolute atomic E-state index is 13.4. The number of unbranched alkanes of at least 4 members (excludes halogenated alkanes) is 1. The predicted molar refractivity (Wildman–Crippen MR) is 185 cm³/mol. The molecule has 1 aromatic heterocycles. The lowest BCUT2D eigenvalue weighted by atomic mass is 9.98. The fraction of sp³-hybridized carbons (Fsp3) is 0.324. The molecular formula is C37H38Cl2N2O7. The Hall–Kier alpha value is -4.47. The van der Waals surface area contributed by atoms with Gasteiger partial charge in [-0.3, -0.25) is 4.68 Å². The number of aromatic nitrogens is 2. The number of aryl methyl sites for hydroxylation is 1. The zero-order valence-electron chi connectivity index (χ0n) is 27.4. The molecule has 0 bridgehead atoms. The molecule has 4 aromatic rings. The van der Waals surface area contributed by atoms with Crippen LogP contribution in [0.15, 0.2) is 60.3 Å². The minimum Gasteiger partial charge on any atom is -0.496 e. The lowest BCUT2D eigenvalue weighted by Crippen LogP contribution is -2.11. The number of hydrogen-bond acceptors (Lipinski definition) is 8. The molecule has 3 aromatic carbocycles. The maximum atomic E-state index is 13.4. The molecule has 0 radical (unpaired) electrons. The summed E-state index contributed by atoms with van der Waals surface area (Å²) in [6, 6.07) is 14.2.